The number of hydroxylamine groups is 2. The number of aromatic amines is 1. The van der Waals surface area contributed by atoms with Gasteiger partial charge >= 0.3 is 5.91 Å². The van der Waals surface area contributed by atoms with Crippen molar-refractivity contribution in [1.29, 1.82) is 0 Å². The maximum atomic E-state index is 12.3. The fourth-order valence-corrected chi connectivity index (χ4v) is 2.55. The van der Waals surface area contributed by atoms with Crippen molar-refractivity contribution in [3.8, 4) is 0 Å². The predicted octanol–water partition coefficient (Wildman–Crippen LogP) is 1.37. The summed E-state index contributed by atoms with van der Waals surface area (Å²) in [4.78, 5) is 42.0. The number of nitrogens with zero attached hydrogens (tertiary/aromatic N) is 2. The van der Waals surface area contributed by atoms with Crippen LogP contribution in [0.2, 0.25) is 0 Å². The molecule has 2 aromatic rings. The number of carbonyl (C=O) groups excluding carboxylic acids is 3. The van der Waals surface area contributed by atoms with E-state index < -0.39 is 17.7 Å². The first-order chi connectivity index (χ1) is 12.5. The zero-order valence-corrected chi connectivity index (χ0v) is 14.6. The van der Waals surface area contributed by atoms with Gasteiger partial charge in [0.2, 0.25) is 12.3 Å². The molecule has 0 aliphatic carbocycles. The Balaban J connectivity index is 1.94. The summed E-state index contributed by atoms with van der Waals surface area (Å²) in [5, 5.41) is 9.78. The van der Waals surface area contributed by atoms with Gasteiger partial charge in [0.1, 0.15) is 0 Å². The fourth-order valence-electron chi connectivity index (χ4n) is 2.55. The van der Waals surface area contributed by atoms with Gasteiger partial charge in [0.15, 0.2) is 5.82 Å². The number of fused-ring (bicyclic) bond motifs is 1. The lowest BCUT2D eigenvalue weighted by atomic mass is 10.0. The maximum Gasteiger partial charge on any atom is 0.305 e. The predicted molar refractivity (Wildman–Crippen MR) is 93.9 cm³/mol. The van der Waals surface area contributed by atoms with Crippen molar-refractivity contribution in [3.05, 3.63) is 30.1 Å². The first kappa shape index (κ1) is 19.4. The Kier molecular flexibility index (Phi) is 7.10. The second kappa shape index (κ2) is 9.52. The van der Waals surface area contributed by atoms with Gasteiger partial charge in [-0.3, -0.25) is 30.4 Å². The SMILES string of the molecule is CCCCC[C@H](CN(O)C=O)C(=O)NNC(=O)c1nc2ccccc2[nH]1. The second-order valence-corrected chi connectivity index (χ2v) is 5.97. The van der Waals surface area contributed by atoms with E-state index in [-0.39, 0.29) is 18.8 Å². The van der Waals surface area contributed by atoms with Gasteiger partial charge in [-0.15, -0.1) is 0 Å². The zero-order chi connectivity index (χ0) is 18.9. The second-order valence-electron chi connectivity index (χ2n) is 5.97. The van der Waals surface area contributed by atoms with E-state index in [1.54, 1.807) is 18.2 Å². The number of aromatic nitrogens is 2. The van der Waals surface area contributed by atoms with Crippen LogP contribution in [-0.2, 0) is 9.59 Å². The lowest BCUT2D eigenvalue weighted by Crippen LogP contribution is -2.47. The van der Waals surface area contributed by atoms with Crippen LogP contribution in [0.4, 0.5) is 0 Å². The minimum atomic E-state index is -0.632. The van der Waals surface area contributed by atoms with Crippen LogP contribution >= 0.6 is 0 Å². The number of hydrogen-bond donors (Lipinski definition) is 4. The van der Waals surface area contributed by atoms with Crippen LogP contribution < -0.4 is 10.9 Å². The molecule has 0 fully saturated rings. The number of rotatable bonds is 9. The Bertz CT molecular complexity index is 727. The van der Waals surface area contributed by atoms with Gasteiger partial charge in [0, 0.05) is 0 Å². The molecule has 0 spiro atoms. The highest BCUT2D eigenvalue weighted by molar-refractivity contribution is 5.95. The van der Waals surface area contributed by atoms with Crippen LogP contribution in [0, 0.1) is 5.92 Å². The van der Waals surface area contributed by atoms with Crippen molar-refractivity contribution in [2.24, 2.45) is 5.92 Å². The van der Waals surface area contributed by atoms with E-state index in [0.717, 1.165) is 19.3 Å². The highest BCUT2D eigenvalue weighted by Gasteiger charge is 2.21. The van der Waals surface area contributed by atoms with E-state index in [4.69, 9.17) is 0 Å². The van der Waals surface area contributed by atoms with Gasteiger partial charge in [-0.1, -0.05) is 38.3 Å². The topological polar surface area (TPSA) is 127 Å². The van der Waals surface area contributed by atoms with Crippen LogP contribution in [0.3, 0.4) is 0 Å². The highest BCUT2D eigenvalue weighted by Crippen LogP contribution is 2.12. The molecule has 26 heavy (non-hydrogen) atoms. The molecule has 3 amide bonds. The standard InChI is InChI=1S/C17H23N5O4/c1-2-3-4-7-12(10-22(26)11-23)16(24)20-21-17(25)15-18-13-8-5-6-9-14(13)19-15/h5-6,8-9,11-12,26H,2-4,7,10H2,1H3,(H,18,19)(H,20,24)(H,21,25)/t12-/m1/s1. The quantitative estimate of drug-likeness (QED) is 0.232. The van der Waals surface area contributed by atoms with Gasteiger partial charge in [-0.05, 0) is 18.6 Å². The summed E-state index contributed by atoms with van der Waals surface area (Å²) in [6.07, 6.45) is 3.42. The average Bonchev–Trinajstić information content (AvgIpc) is 3.09. The molecule has 1 aromatic heterocycles. The molecule has 4 N–H and O–H groups in total. The molecule has 9 heteroatoms. The normalized spacial score (nSPS) is 11.8. The molecule has 0 aliphatic heterocycles. The summed E-state index contributed by atoms with van der Waals surface area (Å²) in [6, 6.07) is 7.18. The summed E-state index contributed by atoms with van der Waals surface area (Å²) < 4.78 is 0. The molecule has 0 saturated heterocycles. The largest absolute Gasteiger partial charge is 0.334 e. The van der Waals surface area contributed by atoms with Gasteiger partial charge in [-0.2, -0.15) is 0 Å². The van der Waals surface area contributed by atoms with E-state index in [2.05, 4.69) is 20.8 Å². The van der Waals surface area contributed by atoms with Crippen LogP contribution in [0.5, 0.6) is 0 Å². The average molecular weight is 361 g/mol. The maximum absolute atomic E-state index is 12.3. The number of amides is 3. The van der Waals surface area contributed by atoms with Crippen LogP contribution in [-0.4, -0.2) is 45.0 Å². The number of carbonyl (C=O) groups is 3. The molecule has 1 aromatic carbocycles. The van der Waals surface area contributed by atoms with Crippen LogP contribution in [0.15, 0.2) is 24.3 Å². The fraction of sp³-hybridized carbons (Fsp3) is 0.412. The van der Waals surface area contributed by atoms with Crippen molar-refractivity contribution in [3.63, 3.8) is 0 Å². The summed E-state index contributed by atoms with van der Waals surface area (Å²) in [5.74, 6) is -1.62. The number of unbranched alkanes of at least 4 members (excludes halogenated alkanes) is 2. The number of H-pyrrole nitrogens is 1. The number of benzene rings is 1. The van der Waals surface area contributed by atoms with Crippen molar-refractivity contribution < 1.29 is 19.6 Å². The van der Waals surface area contributed by atoms with Crippen LogP contribution in [0.1, 0.15) is 43.2 Å². The third kappa shape index (κ3) is 5.28. The van der Waals surface area contributed by atoms with E-state index in [1.165, 1.54) is 0 Å². The van der Waals surface area contributed by atoms with E-state index in [0.29, 0.717) is 22.5 Å². The molecule has 0 radical (unpaired) electrons. The Morgan fingerprint density at radius 3 is 2.77 bits per heavy atom. The number of hydrazine groups is 1. The van der Waals surface area contributed by atoms with Gasteiger partial charge in [-0.25, -0.2) is 10.0 Å². The molecule has 1 heterocycles. The number of hydrogen-bond acceptors (Lipinski definition) is 5. The minimum Gasteiger partial charge on any atom is -0.334 e. The molecule has 0 unspecified atom stereocenters. The van der Waals surface area contributed by atoms with Crippen molar-refractivity contribution in [2.75, 3.05) is 6.54 Å². The summed E-state index contributed by atoms with van der Waals surface area (Å²) in [7, 11) is 0. The first-order valence-electron chi connectivity index (χ1n) is 8.51. The van der Waals surface area contributed by atoms with Crippen molar-refractivity contribution >= 4 is 29.3 Å². The molecular formula is C17H23N5O4. The van der Waals surface area contributed by atoms with E-state index >= 15 is 0 Å². The zero-order valence-electron chi connectivity index (χ0n) is 14.6. The Morgan fingerprint density at radius 2 is 2.08 bits per heavy atom. The molecule has 0 bridgehead atoms. The lowest BCUT2D eigenvalue weighted by molar-refractivity contribution is -0.154. The van der Waals surface area contributed by atoms with Crippen molar-refractivity contribution in [2.45, 2.75) is 32.6 Å². The molecule has 9 nitrogen and oxygen atoms in total. The van der Waals surface area contributed by atoms with E-state index in [9.17, 15) is 19.6 Å². The summed E-state index contributed by atoms with van der Waals surface area (Å²) in [6.45, 7) is 1.89. The van der Waals surface area contributed by atoms with Gasteiger partial charge < -0.3 is 4.98 Å². The Morgan fingerprint density at radius 1 is 1.31 bits per heavy atom. The van der Waals surface area contributed by atoms with Gasteiger partial charge in [0.25, 0.3) is 0 Å². The number of nitrogens with one attached hydrogen (secondary N) is 3. The molecule has 1 atom stereocenters. The van der Waals surface area contributed by atoms with Crippen molar-refractivity contribution in [1.82, 2.24) is 25.9 Å². The third-order valence-corrected chi connectivity index (χ3v) is 3.96. The smallest absolute Gasteiger partial charge is 0.305 e. The van der Waals surface area contributed by atoms with Crippen LogP contribution in [0.25, 0.3) is 11.0 Å². The monoisotopic (exact) mass is 361 g/mol. The molecule has 0 aliphatic rings. The number of imidazole rings is 1. The number of para-hydroxylation sites is 2. The minimum absolute atomic E-state index is 0.0747. The molecule has 0 saturated carbocycles. The van der Waals surface area contributed by atoms with Gasteiger partial charge in [0.05, 0.1) is 23.5 Å². The highest BCUT2D eigenvalue weighted by atomic mass is 16.5. The summed E-state index contributed by atoms with van der Waals surface area (Å²) in [5.41, 5.74) is 5.98. The molecule has 2 rings (SSSR count). The summed E-state index contributed by atoms with van der Waals surface area (Å²) >= 11 is 0. The Labute approximate surface area is 150 Å². The first-order valence-corrected chi connectivity index (χ1v) is 8.51. The third-order valence-electron chi connectivity index (χ3n) is 3.96. The molecular weight excluding hydrogens is 338 g/mol. The van der Waals surface area contributed by atoms with E-state index in [1.807, 2.05) is 13.0 Å². The Hall–Kier alpha value is -2.94. The molecule has 140 valence electrons. The lowest BCUT2D eigenvalue weighted by Gasteiger charge is -2.19.